The summed E-state index contributed by atoms with van der Waals surface area (Å²) in [5, 5.41) is 12.1. The van der Waals surface area contributed by atoms with Crippen LogP contribution in [-0.2, 0) is 50.8 Å². The number of aryl methyl sites for hydroxylation is 2. The van der Waals surface area contributed by atoms with Crippen molar-refractivity contribution in [2.24, 2.45) is 0 Å². The van der Waals surface area contributed by atoms with Gasteiger partial charge in [0.1, 0.15) is 12.4 Å². The number of hydrogen-bond donors (Lipinski definition) is 2. The zero-order valence-electron chi connectivity index (χ0n) is 34.1. The standard InChI is InChI=1S/C44H57N3O11S/c1-33-6-3-4-9-39(33)43(50)47-13-12-36-32-37(10-11-40(36)47)42-34(2)59-44(46-42)45-41(49)31-35-7-5-8-38(30-35)58-29-28-57-27-26-56-25-24-55-23-22-54-21-20-53-19-18-52-17-16-51-15-14-48/h3-11,30,32,48H,12-29,31H2,1-2H3,(H,45,46,49). The third-order valence-corrected chi connectivity index (χ3v) is 10.0. The molecule has 0 aliphatic carbocycles. The van der Waals surface area contributed by atoms with Gasteiger partial charge in [0, 0.05) is 28.2 Å². The molecule has 0 atom stereocenters. The molecule has 0 bridgehead atoms. The molecule has 2 amide bonds. The van der Waals surface area contributed by atoms with Crippen molar-refractivity contribution in [2.75, 3.05) is 122 Å². The minimum absolute atomic E-state index is 0.0150. The van der Waals surface area contributed by atoms with E-state index in [9.17, 15) is 9.59 Å². The predicted molar refractivity (Wildman–Crippen MR) is 226 cm³/mol. The molecular formula is C44H57N3O11S. The van der Waals surface area contributed by atoms with Crippen molar-refractivity contribution in [3.05, 3.63) is 93.9 Å². The van der Waals surface area contributed by atoms with Gasteiger partial charge in [-0.15, -0.1) is 11.3 Å². The van der Waals surface area contributed by atoms with Gasteiger partial charge in [-0.3, -0.25) is 9.59 Å². The molecule has 1 aliphatic rings. The van der Waals surface area contributed by atoms with Crippen molar-refractivity contribution in [3.63, 3.8) is 0 Å². The van der Waals surface area contributed by atoms with Gasteiger partial charge >= 0.3 is 0 Å². The number of ether oxygens (including phenoxy) is 8. The lowest BCUT2D eigenvalue weighted by molar-refractivity contribution is -0.115. The molecule has 0 saturated carbocycles. The molecular weight excluding hydrogens is 779 g/mol. The van der Waals surface area contributed by atoms with Crippen LogP contribution in [0.4, 0.5) is 10.8 Å². The number of carbonyl (C=O) groups excluding carboxylic acids is 2. The molecule has 5 rings (SSSR count). The second-order valence-corrected chi connectivity index (χ2v) is 14.7. The maximum Gasteiger partial charge on any atom is 0.258 e. The quantitative estimate of drug-likeness (QED) is 0.0683. The first kappa shape index (κ1) is 45.8. The number of thiazole rings is 1. The fraction of sp³-hybridized carbons (Fsp3) is 0.477. The molecule has 0 unspecified atom stereocenters. The highest BCUT2D eigenvalue weighted by atomic mass is 32.1. The smallest absolute Gasteiger partial charge is 0.258 e. The number of aliphatic hydroxyl groups is 1. The summed E-state index contributed by atoms with van der Waals surface area (Å²) in [4.78, 5) is 34.0. The minimum Gasteiger partial charge on any atom is -0.491 e. The maximum absolute atomic E-state index is 13.3. The first-order valence-electron chi connectivity index (χ1n) is 20.1. The van der Waals surface area contributed by atoms with E-state index in [1.165, 1.54) is 11.3 Å². The van der Waals surface area contributed by atoms with Crippen molar-refractivity contribution >= 4 is 34.0 Å². The van der Waals surface area contributed by atoms with Crippen molar-refractivity contribution in [2.45, 2.75) is 26.7 Å². The Kier molecular flexibility index (Phi) is 20.2. The Balaban J connectivity index is 0.893. The van der Waals surface area contributed by atoms with Crippen molar-refractivity contribution < 1.29 is 52.6 Å². The average molecular weight is 836 g/mol. The number of hydrogen-bond acceptors (Lipinski definition) is 13. The second-order valence-electron chi connectivity index (χ2n) is 13.5. The van der Waals surface area contributed by atoms with Crippen LogP contribution in [0.5, 0.6) is 5.75 Å². The lowest BCUT2D eigenvalue weighted by Gasteiger charge is -2.18. The van der Waals surface area contributed by atoms with Crippen LogP contribution in [-0.4, -0.2) is 134 Å². The molecule has 15 heteroatoms. The maximum atomic E-state index is 13.3. The number of nitrogens with one attached hydrogen (secondary N) is 1. The summed E-state index contributed by atoms with van der Waals surface area (Å²) in [7, 11) is 0. The average Bonchev–Trinajstić information content (AvgIpc) is 3.83. The van der Waals surface area contributed by atoms with Crippen LogP contribution < -0.4 is 15.0 Å². The zero-order valence-corrected chi connectivity index (χ0v) is 34.9. The molecule has 1 aliphatic heterocycles. The van der Waals surface area contributed by atoms with E-state index >= 15 is 0 Å². The number of anilines is 2. The lowest BCUT2D eigenvalue weighted by atomic mass is 10.0. The molecule has 2 heterocycles. The highest BCUT2D eigenvalue weighted by molar-refractivity contribution is 7.16. The number of fused-ring (bicyclic) bond motifs is 1. The summed E-state index contributed by atoms with van der Waals surface area (Å²) in [5.74, 6) is 0.513. The van der Waals surface area contributed by atoms with Gasteiger partial charge in [-0.25, -0.2) is 4.98 Å². The van der Waals surface area contributed by atoms with Gasteiger partial charge in [0.15, 0.2) is 5.13 Å². The fourth-order valence-electron chi connectivity index (χ4n) is 6.23. The molecule has 0 spiro atoms. The van der Waals surface area contributed by atoms with E-state index in [1.54, 1.807) is 0 Å². The van der Waals surface area contributed by atoms with Gasteiger partial charge in [-0.1, -0.05) is 36.4 Å². The minimum atomic E-state index is -0.165. The Labute approximate surface area is 350 Å². The largest absolute Gasteiger partial charge is 0.491 e. The van der Waals surface area contributed by atoms with Crippen LogP contribution in [0.1, 0.15) is 31.9 Å². The normalized spacial score (nSPS) is 12.2. The van der Waals surface area contributed by atoms with Gasteiger partial charge in [0.25, 0.3) is 5.91 Å². The van der Waals surface area contributed by atoms with Crippen LogP contribution in [0, 0.1) is 13.8 Å². The Hall–Kier alpha value is -4.29. The number of nitrogens with zero attached hydrogens (tertiary/aromatic N) is 2. The molecule has 59 heavy (non-hydrogen) atoms. The fourth-order valence-corrected chi connectivity index (χ4v) is 7.09. The summed E-state index contributed by atoms with van der Waals surface area (Å²) in [6, 6.07) is 21.3. The second kappa shape index (κ2) is 26.0. The summed E-state index contributed by atoms with van der Waals surface area (Å²) in [6.45, 7) is 11.4. The van der Waals surface area contributed by atoms with Gasteiger partial charge < -0.3 is 53.2 Å². The molecule has 4 aromatic rings. The molecule has 320 valence electrons. The van der Waals surface area contributed by atoms with Gasteiger partial charge in [-0.2, -0.15) is 0 Å². The third kappa shape index (κ3) is 15.7. The van der Waals surface area contributed by atoms with E-state index < -0.39 is 0 Å². The van der Waals surface area contributed by atoms with Crippen LogP contribution in [0.25, 0.3) is 11.3 Å². The summed E-state index contributed by atoms with van der Waals surface area (Å²) >= 11 is 1.44. The van der Waals surface area contributed by atoms with E-state index in [0.29, 0.717) is 117 Å². The lowest BCUT2D eigenvalue weighted by Crippen LogP contribution is -2.29. The highest BCUT2D eigenvalue weighted by Crippen LogP contribution is 2.36. The molecule has 0 radical (unpaired) electrons. The Morgan fingerprint density at radius 2 is 1.31 bits per heavy atom. The van der Waals surface area contributed by atoms with Gasteiger partial charge in [-0.05, 0) is 67.3 Å². The first-order valence-corrected chi connectivity index (χ1v) is 20.9. The van der Waals surface area contributed by atoms with E-state index in [1.807, 2.05) is 79.4 Å². The van der Waals surface area contributed by atoms with E-state index in [4.69, 9.17) is 48.0 Å². The van der Waals surface area contributed by atoms with E-state index in [-0.39, 0.29) is 24.8 Å². The van der Waals surface area contributed by atoms with E-state index in [0.717, 1.165) is 50.5 Å². The number of aromatic nitrogens is 1. The number of amides is 2. The third-order valence-electron chi connectivity index (χ3n) is 9.14. The van der Waals surface area contributed by atoms with Crippen LogP contribution in [0.2, 0.25) is 0 Å². The van der Waals surface area contributed by atoms with Crippen molar-refractivity contribution in [1.29, 1.82) is 0 Å². The Bertz CT molecular complexity index is 1870. The SMILES string of the molecule is Cc1ccccc1C(=O)N1CCc2cc(-c3nc(NC(=O)Cc4cccc(OCCOCCOCCOCCOCCOCCOCCOCCO)c4)sc3C)ccc21. The number of benzene rings is 3. The molecule has 14 nitrogen and oxygen atoms in total. The zero-order chi connectivity index (χ0) is 41.5. The number of aliphatic hydroxyl groups excluding tert-OH is 1. The van der Waals surface area contributed by atoms with Gasteiger partial charge in [0.05, 0.1) is 111 Å². The Morgan fingerprint density at radius 3 is 1.92 bits per heavy atom. The first-order chi connectivity index (χ1) is 28.9. The van der Waals surface area contributed by atoms with Crippen LogP contribution in [0.15, 0.2) is 66.7 Å². The molecule has 1 aromatic heterocycles. The predicted octanol–water partition coefficient (Wildman–Crippen LogP) is 5.30. The molecule has 2 N–H and O–H groups in total. The van der Waals surface area contributed by atoms with Crippen LogP contribution >= 0.6 is 11.3 Å². The monoisotopic (exact) mass is 835 g/mol. The molecule has 0 saturated heterocycles. The van der Waals surface area contributed by atoms with Crippen LogP contribution in [0.3, 0.4) is 0 Å². The van der Waals surface area contributed by atoms with Gasteiger partial charge in [0.2, 0.25) is 5.91 Å². The summed E-state index contributed by atoms with van der Waals surface area (Å²) in [6.07, 6.45) is 0.951. The summed E-state index contributed by atoms with van der Waals surface area (Å²) < 4.78 is 43.9. The summed E-state index contributed by atoms with van der Waals surface area (Å²) in [5.41, 5.74) is 6.33. The molecule has 0 fully saturated rings. The van der Waals surface area contributed by atoms with E-state index in [2.05, 4.69) is 11.4 Å². The number of rotatable bonds is 29. The highest BCUT2D eigenvalue weighted by Gasteiger charge is 2.27. The van der Waals surface area contributed by atoms with Crippen molar-refractivity contribution in [3.8, 4) is 17.0 Å². The number of carbonyl (C=O) groups is 2. The molecule has 3 aromatic carbocycles. The van der Waals surface area contributed by atoms with Crippen molar-refractivity contribution in [1.82, 2.24) is 4.98 Å². The Morgan fingerprint density at radius 1 is 0.712 bits per heavy atom. The topological polar surface area (TPSA) is 156 Å².